The Kier molecular flexibility index (Phi) is 7.22. The van der Waals surface area contributed by atoms with Crippen molar-refractivity contribution in [1.82, 2.24) is 20.0 Å². The van der Waals surface area contributed by atoms with Crippen LogP contribution in [0.2, 0.25) is 5.02 Å². The van der Waals surface area contributed by atoms with Gasteiger partial charge in [0, 0.05) is 18.7 Å². The van der Waals surface area contributed by atoms with Crippen molar-refractivity contribution in [3.05, 3.63) is 69.2 Å². The summed E-state index contributed by atoms with van der Waals surface area (Å²) in [6.45, 7) is 1.81. The second kappa shape index (κ2) is 10.3. The van der Waals surface area contributed by atoms with Crippen LogP contribution in [0, 0.1) is 0 Å². The molecule has 0 spiro atoms. The standard InChI is InChI=1S/C23H24ClN5O3S/c1-28(2)13-21(30)29-10-9-15-11-16(7-8-17(15)12-29)22(31)25-23-27-26-20(33-23)14-32-19-6-4-3-5-18(19)24/h3-8,11H,9-10,12-14H2,1-2H3,(H,25,27,31). The zero-order valence-corrected chi connectivity index (χ0v) is 19.9. The van der Waals surface area contributed by atoms with Crippen molar-refractivity contribution in [1.29, 1.82) is 0 Å². The highest BCUT2D eigenvalue weighted by molar-refractivity contribution is 7.15. The van der Waals surface area contributed by atoms with E-state index >= 15 is 0 Å². The normalized spacial score (nSPS) is 13.0. The molecule has 1 aromatic heterocycles. The van der Waals surface area contributed by atoms with Crippen LogP contribution < -0.4 is 10.1 Å². The molecule has 0 aliphatic carbocycles. The van der Waals surface area contributed by atoms with Gasteiger partial charge in [0.15, 0.2) is 5.01 Å². The summed E-state index contributed by atoms with van der Waals surface area (Å²) in [7, 11) is 3.76. The molecular weight excluding hydrogens is 462 g/mol. The maximum Gasteiger partial charge on any atom is 0.257 e. The molecule has 1 aliphatic rings. The summed E-state index contributed by atoms with van der Waals surface area (Å²) in [6, 6.07) is 12.8. The lowest BCUT2D eigenvalue weighted by Gasteiger charge is -2.30. The molecule has 4 rings (SSSR count). The summed E-state index contributed by atoms with van der Waals surface area (Å²) >= 11 is 7.34. The van der Waals surface area contributed by atoms with E-state index in [0.29, 0.717) is 46.1 Å². The number of likely N-dealkylation sites (N-methyl/N-ethyl adjacent to an activating group) is 1. The van der Waals surface area contributed by atoms with Crippen LogP contribution >= 0.6 is 22.9 Å². The zero-order valence-electron chi connectivity index (χ0n) is 18.4. The molecule has 3 aromatic rings. The molecule has 0 radical (unpaired) electrons. The maximum atomic E-state index is 12.7. The Morgan fingerprint density at radius 1 is 1.18 bits per heavy atom. The van der Waals surface area contributed by atoms with Crippen LogP contribution in [0.3, 0.4) is 0 Å². The largest absolute Gasteiger partial charge is 0.485 e. The number of nitrogens with zero attached hydrogens (tertiary/aromatic N) is 4. The van der Waals surface area contributed by atoms with Gasteiger partial charge in [-0.05, 0) is 55.9 Å². The van der Waals surface area contributed by atoms with E-state index < -0.39 is 0 Å². The molecule has 33 heavy (non-hydrogen) atoms. The summed E-state index contributed by atoms with van der Waals surface area (Å²) in [5.74, 6) is 0.424. The predicted octanol–water partition coefficient (Wildman–Crippen LogP) is 3.47. The molecule has 2 amide bonds. The smallest absolute Gasteiger partial charge is 0.257 e. The fourth-order valence-electron chi connectivity index (χ4n) is 3.51. The Morgan fingerprint density at radius 2 is 2.00 bits per heavy atom. The van der Waals surface area contributed by atoms with Crippen LogP contribution in [0.5, 0.6) is 5.75 Å². The molecule has 0 saturated heterocycles. The fraction of sp³-hybridized carbons (Fsp3) is 0.304. The van der Waals surface area contributed by atoms with Crippen LogP contribution in [0.15, 0.2) is 42.5 Å². The van der Waals surface area contributed by atoms with Gasteiger partial charge in [0.05, 0.1) is 11.6 Å². The summed E-state index contributed by atoms with van der Waals surface area (Å²) < 4.78 is 5.67. The summed E-state index contributed by atoms with van der Waals surface area (Å²) in [5.41, 5.74) is 2.70. The van der Waals surface area contributed by atoms with E-state index in [1.807, 2.05) is 48.2 Å². The number of para-hydroxylation sites is 1. The lowest BCUT2D eigenvalue weighted by Crippen LogP contribution is -2.40. The number of nitrogens with one attached hydrogen (secondary N) is 1. The van der Waals surface area contributed by atoms with Crippen LogP contribution in [0.4, 0.5) is 5.13 Å². The van der Waals surface area contributed by atoms with Crippen LogP contribution in [0.1, 0.15) is 26.5 Å². The van der Waals surface area contributed by atoms with Gasteiger partial charge in [0.1, 0.15) is 12.4 Å². The van der Waals surface area contributed by atoms with E-state index in [1.54, 1.807) is 18.2 Å². The Balaban J connectivity index is 1.35. The molecule has 1 aliphatic heterocycles. The number of carbonyl (C=O) groups is 2. The third-order valence-electron chi connectivity index (χ3n) is 5.16. The van der Waals surface area contributed by atoms with E-state index in [1.165, 1.54) is 11.3 Å². The van der Waals surface area contributed by atoms with Crippen molar-refractivity contribution in [2.24, 2.45) is 0 Å². The first-order valence-electron chi connectivity index (χ1n) is 10.4. The first-order valence-corrected chi connectivity index (χ1v) is 11.6. The van der Waals surface area contributed by atoms with Gasteiger partial charge in [0.25, 0.3) is 5.91 Å². The van der Waals surface area contributed by atoms with Crippen molar-refractivity contribution in [2.45, 2.75) is 19.6 Å². The Hall–Kier alpha value is -3.01. The van der Waals surface area contributed by atoms with Crippen LogP contribution in [-0.4, -0.2) is 59.0 Å². The zero-order chi connectivity index (χ0) is 23.4. The van der Waals surface area contributed by atoms with Gasteiger partial charge in [-0.3, -0.25) is 14.9 Å². The minimum absolute atomic E-state index is 0.109. The van der Waals surface area contributed by atoms with Gasteiger partial charge in [-0.15, -0.1) is 10.2 Å². The number of halogens is 1. The summed E-state index contributed by atoms with van der Waals surface area (Å²) in [5, 5.41) is 12.4. The molecule has 0 atom stereocenters. The summed E-state index contributed by atoms with van der Waals surface area (Å²) in [6.07, 6.45) is 0.720. The first kappa shape index (κ1) is 23.2. The molecule has 1 N–H and O–H groups in total. The van der Waals surface area contributed by atoms with Gasteiger partial charge in [0.2, 0.25) is 11.0 Å². The highest BCUT2D eigenvalue weighted by Gasteiger charge is 2.22. The number of fused-ring (bicyclic) bond motifs is 1. The number of benzene rings is 2. The lowest BCUT2D eigenvalue weighted by molar-refractivity contribution is -0.132. The Morgan fingerprint density at radius 3 is 2.79 bits per heavy atom. The second-order valence-electron chi connectivity index (χ2n) is 7.96. The van der Waals surface area contributed by atoms with E-state index in [9.17, 15) is 9.59 Å². The minimum atomic E-state index is -0.251. The topological polar surface area (TPSA) is 87.7 Å². The lowest BCUT2D eigenvalue weighted by atomic mass is 9.97. The van der Waals surface area contributed by atoms with E-state index in [4.69, 9.17) is 16.3 Å². The van der Waals surface area contributed by atoms with Gasteiger partial charge < -0.3 is 14.5 Å². The number of anilines is 1. The molecule has 0 saturated carbocycles. The molecule has 0 unspecified atom stereocenters. The molecular formula is C23H24ClN5O3S. The molecule has 0 bridgehead atoms. The molecule has 2 heterocycles. The Bertz CT molecular complexity index is 1170. The number of aromatic nitrogens is 2. The monoisotopic (exact) mass is 485 g/mol. The average molecular weight is 486 g/mol. The predicted molar refractivity (Wildman–Crippen MR) is 128 cm³/mol. The highest BCUT2D eigenvalue weighted by Crippen LogP contribution is 2.26. The number of carbonyl (C=O) groups excluding carboxylic acids is 2. The van der Waals surface area contributed by atoms with Crippen molar-refractivity contribution >= 4 is 39.9 Å². The molecule has 0 fully saturated rings. The highest BCUT2D eigenvalue weighted by atomic mass is 35.5. The van der Waals surface area contributed by atoms with E-state index in [2.05, 4.69) is 15.5 Å². The quantitative estimate of drug-likeness (QED) is 0.551. The van der Waals surface area contributed by atoms with Gasteiger partial charge in [-0.1, -0.05) is 41.1 Å². The van der Waals surface area contributed by atoms with Gasteiger partial charge in [-0.2, -0.15) is 0 Å². The number of hydrogen-bond acceptors (Lipinski definition) is 7. The van der Waals surface area contributed by atoms with Crippen molar-refractivity contribution in [3.63, 3.8) is 0 Å². The third kappa shape index (κ3) is 5.87. The van der Waals surface area contributed by atoms with E-state index in [0.717, 1.165) is 17.5 Å². The molecule has 2 aromatic carbocycles. The molecule has 8 nitrogen and oxygen atoms in total. The van der Waals surface area contributed by atoms with Gasteiger partial charge >= 0.3 is 0 Å². The average Bonchev–Trinajstić information content (AvgIpc) is 3.24. The molecule has 172 valence electrons. The van der Waals surface area contributed by atoms with E-state index in [-0.39, 0.29) is 18.4 Å². The Labute approximate surface area is 201 Å². The number of rotatable bonds is 7. The second-order valence-corrected chi connectivity index (χ2v) is 9.43. The number of ether oxygens (including phenoxy) is 1. The number of hydrogen-bond donors (Lipinski definition) is 1. The van der Waals surface area contributed by atoms with Crippen molar-refractivity contribution in [2.75, 3.05) is 32.5 Å². The van der Waals surface area contributed by atoms with Crippen LogP contribution in [-0.2, 0) is 24.4 Å². The minimum Gasteiger partial charge on any atom is -0.485 e. The SMILES string of the molecule is CN(C)CC(=O)N1CCc2cc(C(=O)Nc3nnc(COc4ccccc4Cl)s3)ccc2C1. The van der Waals surface area contributed by atoms with Gasteiger partial charge in [-0.25, -0.2) is 0 Å². The first-order chi connectivity index (χ1) is 15.9. The summed E-state index contributed by atoms with van der Waals surface area (Å²) in [4.78, 5) is 28.8. The van der Waals surface area contributed by atoms with Crippen molar-refractivity contribution in [3.8, 4) is 5.75 Å². The maximum absolute atomic E-state index is 12.7. The fourth-order valence-corrected chi connectivity index (χ4v) is 4.35. The number of amides is 2. The third-order valence-corrected chi connectivity index (χ3v) is 6.28. The van der Waals surface area contributed by atoms with Crippen LogP contribution in [0.25, 0.3) is 0 Å². The molecule has 10 heteroatoms. The van der Waals surface area contributed by atoms with Crippen molar-refractivity contribution < 1.29 is 14.3 Å².